The summed E-state index contributed by atoms with van der Waals surface area (Å²) in [6, 6.07) is 3.08. The van der Waals surface area contributed by atoms with Crippen molar-refractivity contribution in [2.45, 2.75) is 32.2 Å². The zero-order chi connectivity index (χ0) is 26.6. The van der Waals surface area contributed by atoms with E-state index in [-0.39, 0.29) is 46.1 Å². The Morgan fingerprint density at radius 1 is 1.13 bits per heavy atom. The summed E-state index contributed by atoms with van der Waals surface area (Å²) >= 11 is 6.69. The molecule has 0 amide bonds. The van der Waals surface area contributed by atoms with E-state index in [1.165, 1.54) is 18.3 Å². The van der Waals surface area contributed by atoms with Crippen molar-refractivity contribution in [3.63, 3.8) is 0 Å². The van der Waals surface area contributed by atoms with Gasteiger partial charge in [-0.05, 0) is 63.6 Å². The highest BCUT2D eigenvalue weighted by Gasteiger charge is 2.27. The average molecular weight is 543 g/mol. The minimum absolute atomic E-state index is 0.000596. The van der Waals surface area contributed by atoms with Gasteiger partial charge in [-0.2, -0.15) is 15.1 Å². The van der Waals surface area contributed by atoms with Gasteiger partial charge in [-0.1, -0.05) is 11.6 Å². The van der Waals surface area contributed by atoms with Gasteiger partial charge in [0.1, 0.15) is 29.6 Å². The van der Waals surface area contributed by atoms with Gasteiger partial charge in [-0.3, -0.25) is 5.10 Å². The van der Waals surface area contributed by atoms with E-state index in [9.17, 15) is 8.78 Å². The van der Waals surface area contributed by atoms with Crippen molar-refractivity contribution in [1.82, 2.24) is 25.1 Å². The molecule has 2 aromatic carbocycles. The lowest BCUT2D eigenvalue weighted by Gasteiger charge is -2.27. The van der Waals surface area contributed by atoms with Crippen LogP contribution < -0.4 is 9.64 Å². The number of aromatic amines is 1. The van der Waals surface area contributed by atoms with Crippen molar-refractivity contribution in [3.05, 3.63) is 52.5 Å². The lowest BCUT2D eigenvalue weighted by molar-refractivity contribution is 0.188. The number of fused-ring (bicyclic) bond motifs is 2. The van der Waals surface area contributed by atoms with E-state index in [1.807, 2.05) is 7.05 Å². The average Bonchev–Trinajstić information content (AvgIpc) is 3.53. The Bertz CT molecular complexity index is 1590. The van der Waals surface area contributed by atoms with Crippen molar-refractivity contribution in [2.75, 3.05) is 38.2 Å². The molecule has 4 heterocycles. The maximum absolute atomic E-state index is 16.5. The highest BCUT2D eigenvalue weighted by Crippen LogP contribution is 2.43. The summed E-state index contributed by atoms with van der Waals surface area (Å²) < 4.78 is 51.5. The van der Waals surface area contributed by atoms with Crippen molar-refractivity contribution in [2.24, 2.45) is 0 Å². The molecule has 0 aliphatic carbocycles. The van der Waals surface area contributed by atoms with Crippen LogP contribution in [-0.4, -0.2) is 64.4 Å². The molecule has 1 unspecified atom stereocenters. The largest absolute Gasteiger partial charge is 0.462 e. The maximum Gasteiger partial charge on any atom is 0.319 e. The van der Waals surface area contributed by atoms with Crippen LogP contribution in [0.25, 0.3) is 32.9 Å². The molecule has 0 bridgehead atoms. The third-order valence-electron chi connectivity index (χ3n) is 7.52. The van der Waals surface area contributed by atoms with Gasteiger partial charge in [0, 0.05) is 34.5 Å². The Balaban J connectivity index is 1.54. The molecule has 0 saturated carbocycles. The minimum atomic E-state index is -0.733. The molecule has 1 saturated heterocycles. The third-order valence-corrected chi connectivity index (χ3v) is 7.82. The van der Waals surface area contributed by atoms with Gasteiger partial charge in [0.15, 0.2) is 5.82 Å². The zero-order valence-corrected chi connectivity index (χ0v) is 21.7. The SMILES string of the molecule is Cc1c(F)cc2[nH]ncc2c1-c1c(Cl)cc2c(N3CCC=C(F)C3)nc(OCC3CCCN3C)nc2c1F. The fourth-order valence-electron chi connectivity index (χ4n) is 5.42. The lowest BCUT2D eigenvalue weighted by Crippen LogP contribution is -2.32. The summed E-state index contributed by atoms with van der Waals surface area (Å²) in [5, 5.41) is 7.65. The minimum Gasteiger partial charge on any atom is -0.462 e. The molecule has 0 radical (unpaired) electrons. The van der Waals surface area contributed by atoms with E-state index >= 15 is 4.39 Å². The first-order chi connectivity index (χ1) is 18.3. The smallest absolute Gasteiger partial charge is 0.319 e. The van der Waals surface area contributed by atoms with Crippen LogP contribution in [-0.2, 0) is 0 Å². The van der Waals surface area contributed by atoms with E-state index in [0.717, 1.165) is 19.4 Å². The quantitative estimate of drug-likeness (QED) is 0.336. The second kappa shape index (κ2) is 9.74. The van der Waals surface area contributed by atoms with Gasteiger partial charge in [-0.25, -0.2) is 13.2 Å². The summed E-state index contributed by atoms with van der Waals surface area (Å²) in [5.41, 5.74) is 0.929. The van der Waals surface area contributed by atoms with Gasteiger partial charge in [0.25, 0.3) is 0 Å². The van der Waals surface area contributed by atoms with E-state index in [2.05, 4.69) is 25.1 Å². The van der Waals surface area contributed by atoms with E-state index < -0.39 is 11.6 Å². The second-order valence-electron chi connectivity index (χ2n) is 9.91. The van der Waals surface area contributed by atoms with E-state index in [1.54, 1.807) is 17.9 Å². The fraction of sp³-hybridized carbons (Fsp3) is 0.370. The Morgan fingerprint density at radius 3 is 2.74 bits per heavy atom. The summed E-state index contributed by atoms with van der Waals surface area (Å²) in [6.45, 7) is 3.37. The van der Waals surface area contributed by atoms with Crippen LogP contribution in [0.5, 0.6) is 6.01 Å². The number of nitrogens with zero attached hydrogens (tertiary/aromatic N) is 5. The predicted octanol–water partition coefficient (Wildman–Crippen LogP) is 5.95. The van der Waals surface area contributed by atoms with Gasteiger partial charge in [0.2, 0.25) is 0 Å². The molecule has 0 spiro atoms. The molecule has 2 aliphatic heterocycles. The van der Waals surface area contributed by atoms with E-state index in [4.69, 9.17) is 16.3 Å². The zero-order valence-electron chi connectivity index (χ0n) is 21.0. The number of aromatic nitrogens is 4. The number of benzene rings is 2. The van der Waals surface area contributed by atoms with Crippen molar-refractivity contribution in [3.8, 4) is 17.1 Å². The monoisotopic (exact) mass is 542 g/mol. The van der Waals surface area contributed by atoms with Crippen LogP contribution in [0.4, 0.5) is 19.0 Å². The molecule has 6 rings (SSSR count). The Hall–Kier alpha value is -3.37. The molecule has 1 atom stereocenters. The number of H-pyrrole nitrogens is 1. The number of likely N-dealkylation sites (N-methyl/N-ethyl adjacent to an activating group) is 1. The number of hydrogen-bond donors (Lipinski definition) is 1. The second-order valence-corrected chi connectivity index (χ2v) is 10.3. The number of halogens is 4. The van der Waals surface area contributed by atoms with Crippen molar-refractivity contribution >= 4 is 39.2 Å². The van der Waals surface area contributed by atoms with Gasteiger partial charge in [0.05, 0.1) is 23.3 Å². The first-order valence-electron chi connectivity index (χ1n) is 12.6. The van der Waals surface area contributed by atoms with Crippen LogP contribution in [0.1, 0.15) is 24.8 Å². The molecule has 38 heavy (non-hydrogen) atoms. The topological polar surface area (TPSA) is 70.2 Å². The van der Waals surface area contributed by atoms with Crippen LogP contribution in [0.2, 0.25) is 5.02 Å². The van der Waals surface area contributed by atoms with Gasteiger partial charge < -0.3 is 14.5 Å². The third kappa shape index (κ3) is 4.25. The van der Waals surface area contributed by atoms with Crippen LogP contribution in [0.15, 0.2) is 30.2 Å². The molecule has 2 aliphatic rings. The maximum atomic E-state index is 16.5. The van der Waals surface area contributed by atoms with Crippen LogP contribution in [0, 0.1) is 18.6 Å². The summed E-state index contributed by atoms with van der Waals surface area (Å²) in [5.74, 6) is -1.21. The number of ether oxygens (including phenoxy) is 1. The number of likely N-dealkylation sites (tertiary alicyclic amines) is 1. The Morgan fingerprint density at radius 2 is 1.97 bits per heavy atom. The normalized spacial score (nSPS) is 18.5. The Labute approximate surface area is 222 Å². The van der Waals surface area contributed by atoms with Gasteiger partial charge in [-0.15, -0.1) is 0 Å². The highest BCUT2D eigenvalue weighted by atomic mass is 35.5. The van der Waals surface area contributed by atoms with Crippen LogP contribution >= 0.6 is 11.6 Å². The molecule has 2 aromatic heterocycles. The summed E-state index contributed by atoms with van der Waals surface area (Å²) in [4.78, 5) is 13.0. The summed E-state index contributed by atoms with van der Waals surface area (Å²) in [6.07, 6.45) is 5.57. The van der Waals surface area contributed by atoms with Gasteiger partial charge >= 0.3 is 6.01 Å². The molecule has 1 fully saturated rings. The van der Waals surface area contributed by atoms with Crippen molar-refractivity contribution < 1.29 is 17.9 Å². The van der Waals surface area contributed by atoms with Crippen LogP contribution in [0.3, 0.4) is 0 Å². The van der Waals surface area contributed by atoms with E-state index in [0.29, 0.717) is 47.2 Å². The number of rotatable bonds is 5. The Kier molecular flexibility index (Phi) is 6.39. The number of nitrogens with one attached hydrogen (secondary N) is 1. The standard InChI is InChI=1S/C27H26ClF3N6O/c1-14-20(30)10-21-18(11-32-35-21)22(14)23-19(28)9-17-25(24(23)31)33-27(38-13-16-6-4-7-36(16)2)34-26(17)37-8-3-5-15(29)12-37/h5,9-11,16H,3-4,6-8,12-13H2,1-2H3,(H,32,35). The predicted molar refractivity (Wildman–Crippen MR) is 141 cm³/mol. The summed E-state index contributed by atoms with van der Waals surface area (Å²) in [7, 11) is 2.03. The molecule has 7 nitrogen and oxygen atoms in total. The first-order valence-corrected chi connectivity index (χ1v) is 12.9. The molecular weight excluding hydrogens is 517 g/mol. The molecular formula is C27H26ClF3N6O. The first kappa shape index (κ1) is 24.9. The highest BCUT2D eigenvalue weighted by molar-refractivity contribution is 6.35. The molecule has 1 N–H and O–H groups in total. The lowest BCUT2D eigenvalue weighted by atomic mass is 9.94. The fourth-order valence-corrected chi connectivity index (χ4v) is 5.71. The molecule has 198 valence electrons. The molecule has 11 heteroatoms. The number of anilines is 1. The van der Waals surface area contributed by atoms with Crippen molar-refractivity contribution in [1.29, 1.82) is 0 Å². The number of hydrogen-bond acceptors (Lipinski definition) is 6. The molecule has 4 aromatic rings.